The molecule has 0 spiro atoms. The molecule has 10 aromatic heterocycles. The molecule has 10 heteroatoms. The molecule has 0 bridgehead atoms. The SMILES string of the molecule is Cc1ccc2[se]c(C)cc2c1.Cc1ccc2[se]cc(C)c2c1.Cc1ccc2c(C)c[se]c2c1.Cc1ccc2c(C)coc2c1.Cc1ccc2c(C)csc2c1.Cc1ccc2cc(C)[se]c2c1.Cc1ccc2cc(C)sc2c1.Cc1ccc2occ(C)c2c1.Cc1ccc2sc(C)cc2c1.Cc1ccc2scc(C)c2c1. The van der Waals surface area contributed by atoms with Crippen LogP contribution in [0.15, 0.2) is 248 Å². The summed E-state index contributed by atoms with van der Waals surface area (Å²) in [4.78, 5) is 7.50. The zero-order valence-corrected chi connectivity index (χ0v) is 77.3. The summed E-state index contributed by atoms with van der Waals surface area (Å²) in [5.41, 5.74) is 23.5. The molecule has 10 aromatic carbocycles. The summed E-state index contributed by atoms with van der Waals surface area (Å²) in [6, 6.07) is 74.9. The predicted octanol–water partition coefficient (Wildman–Crippen LogP) is 30.2. The fraction of sp³-hybridized carbons (Fsp3) is 0.200. The molecule has 2 nitrogen and oxygen atoms in total. The first-order chi connectivity index (χ1) is 52.6. The van der Waals surface area contributed by atoms with Crippen molar-refractivity contribution >= 4 is 204 Å². The van der Waals surface area contributed by atoms with Crippen LogP contribution in [0, 0.1) is 138 Å². The number of furan rings is 2. The summed E-state index contributed by atoms with van der Waals surface area (Å²) in [6.45, 7) is 42.9. The largest absolute Gasteiger partial charge is 0.464 e. The van der Waals surface area contributed by atoms with E-state index in [9.17, 15) is 0 Å². The van der Waals surface area contributed by atoms with Crippen LogP contribution in [0.25, 0.3) is 101 Å². The minimum Gasteiger partial charge on any atom is -0.464 e. The van der Waals surface area contributed by atoms with E-state index in [-0.39, 0.29) is 0 Å². The molecule has 10 heterocycles. The number of hydrogen-bond donors (Lipinski definition) is 0. The molecule has 20 aromatic rings. The van der Waals surface area contributed by atoms with Crippen molar-refractivity contribution < 1.29 is 8.83 Å². The molecule has 560 valence electrons. The minimum absolute atomic E-state index is 0.603. The van der Waals surface area contributed by atoms with E-state index in [4.69, 9.17) is 8.83 Å². The van der Waals surface area contributed by atoms with Crippen molar-refractivity contribution in [2.24, 2.45) is 0 Å². The van der Waals surface area contributed by atoms with Gasteiger partial charge in [0.15, 0.2) is 0 Å². The Hall–Kier alpha value is -7.84. The van der Waals surface area contributed by atoms with Gasteiger partial charge in [-0.05, 0) is 209 Å². The van der Waals surface area contributed by atoms with E-state index >= 15 is 0 Å². The molecular weight excluding hydrogens is 1680 g/mol. The third-order valence-corrected chi connectivity index (χ3v) is 31.7. The van der Waals surface area contributed by atoms with E-state index in [0.717, 1.165) is 11.2 Å². The number of aryl methyl sites for hydroxylation is 20. The standard InChI is InChI=1S/2C10H10O.4C10H10S.4C10H10Se/c1-7-3-4-10-9(5-7)8(2)6-11-10;1-7-3-4-9-8(2)6-11-10(9)5-7;1-7-3-4-10-9(5-7)8(2)6-11-10;1-7-3-4-10-9(5-7)6-8(2)11-10;1-7-3-4-9-8(2)6-11-10(9)5-7;1-7-3-4-9-6-8(2)11-10(9)5-7;1-7-3-4-10-9(5-7)8(2)6-11-10;1-7-3-4-10-9(5-7)6-8(2)11-10;1-7-3-4-9-8(2)6-11-10(9)5-7;1-7-3-4-9-6-8(2)11-10(9)5-7/h10*3-6H,1-2H3. The third-order valence-electron chi connectivity index (χ3n) is 18.7. The Bertz CT molecular complexity index is 5720. The van der Waals surface area contributed by atoms with Crippen LogP contribution in [0.5, 0.6) is 0 Å². The van der Waals surface area contributed by atoms with E-state index in [1.807, 2.05) is 51.4 Å². The summed E-state index contributed by atoms with van der Waals surface area (Å²) in [7, 11) is 0. The van der Waals surface area contributed by atoms with Crippen LogP contribution in [-0.4, -0.2) is 58.0 Å². The van der Waals surface area contributed by atoms with Crippen molar-refractivity contribution in [1.29, 1.82) is 0 Å². The Balaban J connectivity index is 0.000000121. The fourth-order valence-corrected chi connectivity index (χ4v) is 24.8. The van der Waals surface area contributed by atoms with Crippen molar-refractivity contribution in [3.63, 3.8) is 0 Å². The van der Waals surface area contributed by atoms with Gasteiger partial charge in [0.2, 0.25) is 0 Å². The average molecular weight is 1780 g/mol. The Morgan fingerprint density at radius 2 is 0.664 bits per heavy atom. The van der Waals surface area contributed by atoms with Crippen LogP contribution < -0.4 is 0 Å². The second kappa shape index (κ2) is 38.6. The second-order valence-electron chi connectivity index (χ2n) is 29.1. The summed E-state index contributed by atoms with van der Waals surface area (Å²) < 4.78 is 25.5. The molecule has 0 saturated carbocycles. The minimum atomic E-state index is 0.603. The van der Waals surface area contributed by atoms with Crippen molar-refractivity contribution in [2.45, 2.75) is 138 Å². The monoisotopic (exact) mass is 1780 g/mol. The molecule has 0 saturated heterocycles. The maximum absolute atomic E-state index is 5.33. The summed E-state index contributed by atoms with van der Waals surface area (Å²) in [6.07, 6.45) is 3.59. The molecule has 0 amide bonds. The molecule has 0 aliphatic carbocycles. The van der Waals surface area contributed by atoms with Crippen molar-refractivity contribution in [2.75, 3.05) is 0 Å². The van der Waals surface area contributed by atoms with Gasteiger partial charge in [-0.3, -0.25) is 0 Å². The quantitative estimate of drug-likeness (QED) is 0.141. The van der Waals surface area contributed by atoms with Gasteiger partial charge in [0.05, 0.1) is 12.5 Å². The first-order valence-electron chi connectivity index (χ1n) is 37.2. The van der Waals surface area contributed by atoms with Crippen LogP contribution in [0.4, 0.5) is 0 Å². The zero-order chi connectivity index (χ0) is 78.4. The van der Waals surface area contributed by atoms with Gasteiger partial charge in [-0.15, -0.1) is 45.3 Å². The number of rotatable bonds is 0. The van der Waals surface area contributed by atoms with E-state index in [0.29, 0.717) is 58.0 Å². The Labute approximate surface area is 691 Å². The molecule has 110 heavy (non-hydrogen) atoms. The van der Waals surface area contributed by atoms with Crippen LogP contribution in [-0.2, 0) is 0 Å². The molecule has 0 atom stereocenters. The third kappa shape index (κ3) is 22.7. The first kappa shape index (κ1) is 83.1. The Morgan fingerprint density at radius 1 is 0.236 bits per heavy atom. The summed E-state index contributed by atoms with van der Waals surface area (Å²) in [5, 5.41) is 18.3. The van der Waals surface area contributed by atoms with Gasteiger partial charge in [-0.1, -0.05) is 83.4 Å². The van der Waals surface area contributed by atoms with Gasteiger partial charge in [0, 0.05) is 39.3 Å². The zero-order valence-electron chi connectivity index (χ0n) is 67.2. The van der Waals surface area contributed by atoms with Gasteiger partial charge in [-0.25, -0.2) is 0 Å². The molecular formula is C100H100O2S4Se4. The topological polar surface area (TPSA) is 26.3 Å². The number of benzene rings is 10. The van der Waals surface area contributed by atoms with E-state index in [2.05, 4.69) is 359 Å². The van der Waals surface area contributed by atoms with E-state index in [1.54, 1.807) is 29.6 Å². The molecule has 0 radical (unpaired) electrons. The Morgan fingerprint density at radius 3 is 1.35 bits per heavy atom. The summed E-state index contributed by atoms with van der Waals surface area (Å²) >= 11 is 9.81. The average Bonchev–Trinajstić information content (AvgIpc) is 1.69. The normalized spacial score (nSPS) is 10.7. The van der Waals surface area contributed by atoms with Crippen molar-refractivity contribution in [3.05, 3.63) is 347 Å². The number of hydrogen-bond acceptors (Lipinski definition) is 6. The van der Waals surface area contributed by atoms with Gasteiger partial charge in [-0.2, -0.15) is 0 Å². The van der Waals surface area contributed by atoms with Crippen LogP contribution in [0.2, 0.25) is 0 Å². The van der Waals surface area contributed by atoms with Crippen LogP contribution >= 0.6 is 45.3 Å². The Kier molecular flexibility index (Phi) is 29.2. The van der Waals surface area contributed by atoms with Gasteiger partial charge < -0.3 is 8.83 Å². The summed E-state index contributed by atoms with van der Waals surface area (Å²) in [5.74, 6) is 0. The van der Waals surface area contributed by atoms with E-state index < -0.39 is 0 Å². The molecule has 0 N–H and O–H groups in total. The van der Waals surface area contributed by atoms with Gasteiger partial charge in [0.1, 0.15) is 11.2 Å². The van der Waals surface area contributed by atoms with Crippen LogP contribution in [0.1, 0.15) is 108 Å². The van der Waals surface area contributed by atoms with Gasteiger partial charge >= 0.3 is 289 Å². The van der Waals surface area contributed by atoms with E-state index in [1.165, 1.54) is 180 Å². The first-order valence-corrected chi connectivity index (χ1v) is 47.7. The smallest absolute Gasteiger partial charge is 0.134 e. The number of thiophene rings is 4. The second-order valence-corrected chi connectivity index (χ2v) is 42.7. The van der Waals surface area contributed by atoms with Crippen molar-refractivity contribution in [3.8, 4) is 0 Å². The van der Waals surface area contributed by atoms with Crippen molar-refractivity contribution in [1.82, 2.24) is 0 Å². The molecule has 0 aliphatic rings. The van der Waals surface area contributed by atoms with Crippen LogP contribution in [0.3, 0.4) is 0 Å². The molecule has 0 fully saturated rings. The molecule has 0 aliphatic heterocycles. The maximum atomic E-state index is 5.33. The fourth-order valence-electron chi connectivity index (χ4n) is 12.7. The predicted molar refractivity (Wildman–Crippen MR) is 498 cm³/mol. The van der Waals surface area contributed by atoms with Gasteiger partial charge in [0.25, 0.3) is 0 Å². The number of fused-ring (bicyclic) bond motifs is 10. The molecule has 0 unspecified atom stereocenters. The maximum Gasteiger partial charge on any atom is 0.134 e. The molecule has 20 rings (SSSR count).